The van der Waals surface area contributed by atoms with E-state index in [-0.39, 0.29) is 24.3 Å². The van der Waals surface area contributed by atoms with Crippen molar-refractivity contribution < 1.29 is 9.59 Å². The smallest absolute Gasteiger partial charge is 0.231 e. The number of hydrogen-bond acceptors (Lipinski definition) is 3. The third-order valence-electron chi connectivity index (χ3n) is 4.96. The molecule has 1 aliphatic heterocycles. The van der Waals surface area contributed by atoms with Crippen LogP contribution in [0, 0.1) is 12.8 Å². The number of aromatic amines is 1. The first-order chi connectivity index (χ1) is 12.0. The van der Waals surface area contributed by atoms with E-state index in [0.29, 0.717) is 13.1 Å². The van der Waals surface area contributed by atoms with Gasteiger partial charge < -0.3 is 16.0 Å². The van der Waals surface area contributed by atoms with Gasteiger partial charge >= 0.3 is 0 Å². The van der Waals surface area contributed by atoms with Crippen molar-refractivity contribution in [2.75, 3.05) is 26.2 Å². The maximum absolute atomic E-state index is 12.4. The van der Waals surface area contributed by atoms with Crippen LogP contribution in [0.4, 0.5) is 0 Å². The van der Waals surface area contributed by atoms with Crippen molar-refractivity contribution in [3.8, 4) is 0 Å². The lowest BCUT2D eigenvalue weighted by molar-refractivity contribution is -0.128. The fourth-order valence-electron chi connectivity index (χ4n) is 3.67. The number of nitrogens with zero attached hydrogens (tertiary/aromatic N) is 1. The fourth-order valence-corrected chi connectivity index (χ4v) is 3.67. The SMILES string of the molecule is Cc1cccc2c(CCNC(=O)[C@@H]3CCCN(CC(N)=O)C3)c[nH]c12. The lowest BCUT2D eigenvalue weighted by Crippen LogP contribution is -2.46. The average molecular weight is 342 g/mol. The highest BCUT2D eigenvalue weighted by molar-refractivity contribution is 5.86. The largest absolute Gasteiger partial charge is 0.369 e. The molecule has 0 unspecified atom stereocenters. The molecule has 3 rings (SSSR count). The Balaban J connectivity index is 1.52. The van der Waals surface area contributed by atoms with Crippen molar-refractivity contribution in [2.24, 2.45) is 11.7 Å². The van der Waals surface area contributed by atoms with Gasteiger partial charge in [0.1, 0.15) is 0 Å². The minimum absolute atomic E-state index is 0.0571. The molecule has 4 N–H and O–H groups in total. The molecule has 6 heteroatoms. The van der Waals surface area contributed by atoms with Crippen molar-refractivity contribution >= 4 is 22.7 Å². The summed E-state index contributed by atoms with van der Waals surface area (Å²) in [5.41, 5.74) is 8.86. The molecule has 134 valence electrons. The first-order valence-corrected chi connectivity index (χ1v) is 8.88. The predicted octanol–water partition coefficient (Wildman–Crippen LogP) is 1.33. The van der Waals surface area contributed by atoms with Crippen LogP contribution in [-0.2, 0) is 16.0 Å². The Bertz CT molecular complexity index is 768. The van der Waals surface area contributed by atoms with E-state index in [1.165, 1.54) is 22.0 Å². The van der Waals surface area contributed by atoms with Gasteiger partial charge in [0.25, 0.3) is 0 Å². The monoisotopic (exact) mass is 342 g/mol. The molecule has 1 atom stereocenters. The second-order valence-electron chi connectivity index (χ2n) is 6.89. The number of fused-ring (bicyclic) bond motifs is 1. The summed E-state index contributed by atoms with van der Waals surface area (Å²) >= 11 is 0. The number of primary amides is 1. The zero-order chi connectivity index (χ0) is 17.8. The van der Waals surface area contributed by atoms with Crippen LogP contribution in [0.2, 0.25) is 0 Å². The third kappa shape index (κ3) is 4.20. The Labute approximate surface area is 147 Å². The molecule has 0 aliphatic carbocycles. The number of hydrogen-bond donors (Lipinski definition) is 3. The second-order valence-corrected chi connectivity index (χ2v) is 6.89. The molecule has 2 heterocycles. The average Bonchev–Trinajstić information content (AvgIpc) is 2.99. The lowest BCUT2D eigenvalue weighted by atomic mass is 9.97. The Morgan fingerprint density at radius 3 is 3.04 bits per heavy atom. The van der Waals surface area contributed by atoms with Crippen LogP contribution in [0.3, 0.4) is 0 Å². The summed E-state index contributed by atoms with van der Waals surface area (Å²) in [4.78, 5) is 28.8. The zero-order valence-corrected chi connectivity index (χ0v) is 14.7. The highest BCUT2D eigenvalue weighted by Crippen LogP contribution is 2.21. The Morgan fingerprint density at radius 1 is 1.40 bits per heavy atom. The van der Waals surface area contributed by atoms with Crippen molar-refractivity contribution in [1.82, 2.24) is 15.2 Å². The number of amides is 2. The van der Waals surface area contributed by atoms with E-state index in [9.17, 15) is 9.59 Å². The number of likely N-dealkylation sites (tertiary alicyclic amines) is 1. The quantitative estimate of drug-likeness (QED) is 0.740. The Morgan fingerprint density at radius 2 is 2.24 bits per heavy atom. The van der Waals surface area contributed by atoms with Gasteiger partial charge in [0.15, 0.2) is 0 Å². The fraction of sp³-hybridized carbons (Fsp3) is 0.474. The van der Waals surface area contributed by atoms with E-state index < -0.39 is 0 Å². The molecule has 6 nitrogen and oxygen atoms in total. The number of H-pyrrole nitrogens is 1. The standard InChI is InChI=1S/C19H26N4O2/c1-13-4-2-6-16-14(10-22-18(13)16)7-8-21-19(25)15-5-3-9-23(11-15)12-17(20)24/h2,4,6,10,15,22H,3,5,7-9,11-12H2,1H3,(H2,20,24)(H,21,25)/t15-/m1/s1. The molecule has 2 aromatic rings. The van der Waals surface area contributed by atoms with Gasteiger partial charge in [-0.25, -0.2) is 0 Å². The van der Waals surface area contributed by atoms with Crippen LogP contribution in [0.5, 0.6) is 0 Å². The highest BCUT2D eigenvalue weighted by atomic mass is 16.2. The lowest BCUT2D eigenvalue weighted by Gasteiger charge is -2.30. The normalized spacial score (nSPS) is 18.4. The molecule has 0 spiro atoms. The van der Waals surface area contributed by atoms with E-state index >= 15 is 0 Å². The summed E-state index contributed by atoms with van der Waals surface area (Å²) in [6.45, 7) is 4.39. The van der Waals surface area contributed by atoms with Crippen molar-refractivity contribution in [2.45, 2.75) is 26.2 Å². The third-order valence-corrected chi connectivity index (χ3v) is 4.96. The van der Waals surface area contributed by atoms with Gasteiger partial charge in [-0.15, -0.1) is 0 Å². The number of carbonyl (C=O) groups is 2. The molecule has 25 heavy (non-hydrogen) atoms. The molecule has 1 saturated heterocycles. The second kappa shape index (κ2) is 7.70. The number of nitrogens with two attached hydrogens (primary N) is 1. The van der Waals surface area contributed by atoms with Crippen LogP contribution >= 0.6 is 0 Å². The molecular formula is C19H26N4O2. The summed E-state index contributed by atoms with van der Waals surface area (Å²) in [5.74, 6) is -0.320. The molecule has 0 saturated carbocycles. The molecule has 0 bridgehead atoms. The van der Waals surface area contributed by atoms with Crippen LogP contribution in [0.15, 0.2) is 24.4 Å². The zero-order valence-electron chi connectivity index (χ0n) is 14.7. The summed E-state index contributed by atoms with van der Waals surface area (Å²) in [6.07, 6.45) is 4.62. The number of nitrogens with one attached hydrogen (secondary N) is 2. The van der Waals surface area contributed by atoms with Crippen molar-refractivity contribution in [1.29, 1.82) is 0 Å². The molecule has 2 amide bonds. The number of carbonyl (C=O) groups excluding carboxylic acids is 2. The number of rotatable bonds is 6. The summed E-state index contributed by atoms with van der Waals surface area (Å²) in [5, 5.41) is 4.27. The Hall–Kier alpha value is -2.34. The van der Waals surface area contributed by atoms with E-state index in [4.69, 9.17) is 5.73 Å². The van der Waals surface area contributed by atoms with E-state index in [2.05, 4.69) is 35.4 Å². The first kappa shape index (κ1) is 17.5. The van der Waals surface area contributed by atoms with Crippen LogP contribution < -0.4 is 11.1 Å². The van der Waals surface area contributed by atoms with Gasteiger partial charge in [0, 0.05) is 30.2 Å². The number of aryl methyl sites for hydroxylation is 1. The van der Waals surface area contributed by atoms with Gasteiger partial charge in [-0.2, -0.15) is 0 Å². The number of piperidine rings is 1. The summed E-state index contributed by atoms with van der Waals surface area (Å²) < 4.78 is 0. The van der Waals surface area contributed by atoms with Gasteiger partial charge in [0.05, 0.1) is 12.5 Å². The number of benzene rings is 1. The number of aromatic nitrogens is 1. The van der Waals surface area contributed by atoms with Crippen molar-refractivity contribution in [3.05, 3.63) is 35.5 Å². The van der Waals surface area contributed by atoms with Crippen LogP contribution in [0.1, 0.15) is 24.0 Å². The van der Waals surface area contributed by atoms with Crippen LogP contribution in [-0.4, -0.2) is 47.9 Å². The van der Waals surface area contributed by atoms with E-state index in [1.807, 2.05) is 11.1 Å². The van der Waals surface area contributed by atoms with Gasteiger partial charge in [-0.1, -0.05) is 18.2 Å². The minimum atomic E-state index is -0.337. The first-order valence-electron chi connectivity index (χ1n) is 8.88. The van der Waals surface area contributed by atoms with E-state index in [0.717, 1.165) is 25.8 Å². The summed E-state index contributed by atoms with van der Waals surface area (Å²) in [6, 6.07) is 6.26. The maximum atomic E-state index is 12.4. The van der Waals surface area contributed by atoms with Crippen LogP contribution in [0.25, 0.3) is 10.9 Å². The molecular weight excluding hydrogens is 316 g/mol. The minimum Gasteiger partial charge on any atom is -0.369 e. The topological polar surface area (TPSA) is 91.2 Å². The van der Waals surface area contributed by atoms with E-state index in [1.54, 1.807) is 0 Å². The van der Waals surface area contributed by atoms with Gasteiger partial charge in [-0.3, -0.25) is 14.5 Å². The Kier molecular flexibility index (Phi) is 5.38. The maximum Gasteiger partial charge on any atom is 0.231 e. The number of para-hydroxylation sites is 1. The summed E-state index contributed by atoms with van der Waals surface area (Å²) in [7, 11) is 0. The molecule has 0 radical (unpaired) electrons. The van der Waals surface area contributed by atoms with Crippen molar-refractivity contribution in [3.63, 3.8) is 0 Å². The highest BCUT2D eigenvalue weighted by Gasteiger charge is 2.26. The molecule has 1 aromatic carbocycles. The molecule has 1 fully saturated rings. The molecule has 1 aliphatic rings. The predicted molar refractivity (Wildman–Crippen MR) is 98.1 cm³/mol. The van der Waals surface area contributed by atoms with Gasteiger partial charge in [-0.05, 0) is 43.9 Å². The molecule has 1 aromatic heterocycles. The van der Waals surface area contributed by atoms with Gasteiger partial charge in [0.2, 0.25) is 11.8 Å².